The number of Topliss-reactive ketones (excluding diaryl/α,β-unsaturated/α-hetero) is 1. The van der Waals surface area contributed by atoms with Gasteiger partial charge in [-0.2, -0.15) is 0 Å². The molecule has 1 fully saturated rings. The number of ether oxygens (including phenoxy) is 1. The predicted molar refractivity (Wildman–Crippen MR) is 67.8 cm³/mol. The first-order valence-corrected chi connectivity index (χ1v) is 6.45. The Morgan fingerprint density at radius 2 is 1.94 bits per heavy atom. The number of hydrogen-bond acceptors (Lipinski definition) is 3. The maximum atomic E-state index is 11.2. The van der Waals surface area contributed by atoms with E-state index in [1.807, 2.05) is 0 Å². The number of rotatable bonds is 7. The van der Waals surface area contributed by atoms with Gasteiger partial charge in [0, 0.05) is 6.42 Å². The molecule has 0 saturated heterocycles. The van der Waals surface area contributed by atoms with Gasteiger partial charge >= 0.3 is 0 Å². The van der Waals surface area contributed by atoms with Crippen molar-refractivity contribution in [3.63, 3.8) is 0 Å². The van der Waals surface area contributed by atoms with Gasteiger partial charge < -0.3 is 14.6 Å². The highest BCUT2D eigenvalue weighted by molar-refractivity contribution is 5.76. The van der Waals surface area contributed by atoms with Gasteiger partial charge in [-0.05, 0) is 44.4 Å². The lowest BCUT2D eigenvalue weighted by Gasteiger charge is -2.25. The van der Waals surface area contributed by atoms with Gasteiger partial charge in [-0.1, -0.05) is 13.8 Å². The first-order valence-electron chi connectivity index (χ1n) is 6.45. The van der Waals surface area contributed by atoms with E-state index >= 15 is 0 Å². The van der Waals surface area contributed by atoms with Crippen molar-refractivity contribution >= 4 is 5.78 Å². The first kappa shape index (κ1) is 14.7. The molecule has 2 atom stereocenters. The Morgan fingerprint density at radius 1 is 1.35 bits per heavy atom. The lowest BCUT2D eigenvalue weighted by Crippen LogP contribution is -2.27. The van der Waals surface area contributed by atoms with Gasteiger partial charge in [0.15, 0.2) is 0 Å². The summed E-state index contributed by atoms with van der Waals surface area (Å²) in [4.78, 5) is 11.2. The third-order valence-corrected chi connectivity index (χ3v) is 4.09. The van der Waals surface area contributed by atoms with Gasteiger partial charge in [0.25, 0.3) is 0 Å². The van der Waals surface area contributed by atoms with Crippen molar-refractivity contribution in [2.75, 3.05) is 13.2 Å². The normalized spacial score (nSPS) is 26.9. The lowest BCUT2D eigenvalue weighted by atomic mass is 9.97. The SMILES string of the molecule is CC(=O)C[C@H]1[C@@H](CC(C)(C)OCCO)C1(C)C. The van der Waals surface area contributed by atoms with Crippen molar-refractivity contribution in [3.05, 3.63) is 0 Å². The van der Waals surface area contributed by atoms with E-state index in [1.54, 1.807) is 6.92 Å². The monoisotopic (exact) mass is 242 g/mol. The number of aliphatic hydroxyl groups is 1. The molecule has 1 saturated carbocycles. The first-order chi connectivity index (χ1) is 7.70. The third kappa shape index (κ3) is 3.78. The van der Waals surface area contributed by atoms with Crippen LogP contribution in [0.1, 0.15) is 47.5 Å². The molecule has 0 spiro atoms. The van der Waals surface area contributed by atoms with E-state index in [0.29, 0.717) is 24.9 Å². The van der Waals surface area contributed by atoms with Crippen LogP contribution in [0.4, 0.5) is 0 Å². The molecule has 0 amide bonds. The smallest absolute Gasteiger partial charge is 0.130 e. The Hall–Kier alpha value is -0.410. The van der Waals surface area contributed by atoms with Crippen molar-refractivity contribution in [3.8, 4) is 0 Å². The molecule has 0 heterocycles. The highest BCUT2D eigenvalue weighted by atomic mass is 16.5. The van der Waals surface area contributed by atoms with Gasteiger partial charge in [-0.15, -0.1) is 0 Å². The van der Waals surface area contributed by atoms with Gasteiger partial charge in [0.05, 0.1) is 18.8 Å². The fraction of sp³-hybridized carbons (Fsp3) is 0.929. The molecule has 0 unspecified atom stereocenters. The van der Waals surface area contributed by atoms with Crippen LogP contribution >= 0.6 is 0 Å². The number of carbonyl (C=O) groups is 1. The Kier molecular flexibility index (Phi) is 4.37. The van der Waals surface area contributed by atoms with Crippen LogP contribution in [0.25, 0.3) is 0 Å². The topological polar surface area (TPSA) is 46.5 Å². The van der Waals surface area contributed by atoms with Crippen LogP contribution in [-0.2, 0) is 9.53 Å². The maximum Gasteiger partial charge on any atom is 0.130 e. The van der Waals surface area contributed by atoms with E-state index in [2.05, 4.69) is 27.7 Å². The molecule has 1 rings (SSSR count). The summed E-state index contributed by atoms with van der Waals surface area (Å²) in [5.74, 6) is 1.33. The summed E-state index contributed by atoms with van der Waals surface area (Å²) in [6.45, 7) is 10.7. The van der Waals surface area contributed by atoms with E-state index in [-0.39, 0.29) is 23.4 Å². The summed E-state index contributed by atoms with van der Waals surface area (Å²) in [6.07, 6.45) is 1.64. The van der Waals surface area contributed by atoms with Crippen LogP contribution in [-0.4, -0.2) is 29.7 Å². The highest BCUT2D eigenvalue weighted by Crippen LogP contribution is 2.63. The van der Waals surface area contributed by atoms with Crippen molar-refractivity contribution in [1.82, 2.24) is 0 Å². The average Bonchev–Trinajstić information content (AvgIpc) is 2.65. The molecule has 3 heteroatoms. The molecule has 3 nitrogen and oxygen atoms in total. The molecule has 0 bridgehead atoms. The van der Waals surface area contributed by atoms with Crippen molar-refractivity contribution < 1.29 is 14.6 Å². The second-order valence-electron chi connectivity index (χ2n) is 6.48. The molecule has 1 aliphatic rings. The second-order valence-corrected chi connectivity index (χ2v) is 6.48. The molecular formula is C14H26O3. The van der Waals surface area contributed by atoms with Crippen molar-refractivity contribution in [2.24, 2.45) is 17.3 Å². The van der Waals surface area contributed by atoms with E-state index in [9.17, 15) is 4.79 Å². The Bertz CT molecular complexity index is 281. The molecule has 0 radical (unpaired) electrons. The minimum absolute atomic E-state index is 0.0639. The molecule has 100 valence electrons. The van der Waals surface area contributed by atoms with Crippen LogP contribution in [0.15, 0.2) is 0 Å². The van der Waals surface area contributed by atoms with E-state index in [4.69, 9.17) is 9.84 Å². The van der Waals surface area contributed by atoms with Crippen LogP contribution in [0.2, 0.25) is 0 Å². The zero-order valence-electron chi connectivity index (χ0n) is 11.7. The molecule has 0 aromatic heterocycles. The maximum absolute atomic E-state index is 11.2. The quantitative estimate of drug-likeness (QED) is 0.745. The number of ketones is 1. The summed E-state index contributed by atoms with van der Waals surface area (Å²) in [7, 11) is 0. The van der Waals surface area contributed by atoms with Crippen LogP contribution < -0.4 is 0 Å². The Labute approximate surface area is 105 Å². The summed E-state index contributed by atoms with van der Waals surface area (Å²) in [5.41, 5.74) is 0.0434. The molecule has 0 aromatic rings. The molecule has 1 N–H and O–H groups in total. The van der Waals surface area contributed by atoms with E-state index in [0.717, 1.165) is 6.42 Å². The summed E-state index contributed by atoms with van der Waals surface area (Å²) in [6, 6.07) is 0. The minimum atomic E-state index is -0.212. The standard InChI is InChI=1S/C14H26O3/c1-10(16)8-11-12(14(11,4)5)9-13(2,3)17-7-6-15/h11-12,15H,6-9H2,1-5H3/t11-,12+/m0/s1. The van der Waals surface area contributed by atoms with Crippen LogP contribution in [0.3, 0.4) is 0 Å². The van der Waals surface area contributed by atoms with Crippen LogP contribution in [0, 0.1) is 17.3 Å². The summed E-state index contributed by atoms with van der Waals surface area (Å²) in [5, 5.41) is 8.78. The molecule has 0 aliphatic heterocycles. The minimum Gasteiger partial charge on any atom is -0.394 e. The molecular weight excluding hydrogens is 216 g/mol. The Balaban J connectivity index is 2.49. The molecule has 17 heavy (non-hydrogen) atoms. The fourth-order valence-corrected chi connectivity index (χ4v) is 2.89. The van der Waals surface area contributed by atoms with Crippen molar-refractivity contribution in [2.45, 2.75) is 53.1 Å². The Morgan fingerprint density at radius 3 is 2.41 bits per heavy atom. The fourth-order valence-electron chi connectivity index (χ4n) is 2.89. The van der Waals surface area contributed by atoms with Crippen molar-refractivity contribution in [1.29, 1.82) is 0 Å². The van der Waals surface area contributed by atoms with Crippen LogP contribution in [0.5, 0.6) is 0 Å². The largest absolute Gasteiger partial charge is 0.394 e. The van der Waals surface area contributed by atoms with E-state index in [1.165, 1.54) is 0 Å². The highest BCUT2D eigenvalue weighted by Gasteiger charge is 2.58. The summed E-state index contributed by atoms with van der Waals surface area (Å²) >= 11 is 0. The van der Waals surface area contributed by atoms with Gasteiger partial charge in [0.1, 0.15) is 5.78 Å². The van der Waals surface area contributed by atoms with Gasteiger partial charge in [-0.3, -0.25) is 0 Å². The van der Waals surface area contributed by atoms with E-state index < -0.39 is 0 Å². The number of aliphatic hydroxyl groups excluding tert-OH is 1. The number of hydrogen-bond donors (Lipinski definition) is 1. The third-order valence-electron chi connectivity index (χ3n) is 4.09. The van der Waals surface area contributed by atoms with Gasteiger partial charge in [0.2, 0.25) is 0 Å². The second kappa shape index (κ2) is 5.07. The predicted octanol–water partition coefficient (Wildman–Crippen LogP) is 2.42. The average molecular weight is 242 g/mol. The lowest BCUT2D eigenvalue weighted by molar-refractivity contribution is -0.117. The zero-order valence-corrected chi connectivity index (χ0v) is 11.7. The number of carbonyl (C=O) groups excluding carboxylic acids is 1. The molecule has 0 aromatic carbocycles. The van der Waals surface area contributed by atoms with Gasteiger partial charge in [-0.25, -0.2) is 0 Å². The molecule has 1 aliphatic carbocycles. The zero-order chi connectivity index (χ0) is 13.3. The summed E-state index contributed by atoms with van der Waals surface area (Å²) < 4.78 is 5.64.